The van der Waals surface area contributed by atoms with Crippen LogP contribution in [-0.4, -0.2) is 36.3 Å². The molecule has 1 amide bonds. The zero-order chi connectivity index (χ0) is 33.1. The number of rotatable bonds is 10. The molecule has 0 bridgehead atoms. The van der Waals surface area contributed by atoms with Gasteiger partial charge < -0.3 is 14.4 Å². The maximum atomic E-state index is 14.5. The van der Waals surface area contributed by atoms with E-state index in [2.05, 4.69) is 55.5 Å². The third-order valence-electron chi connectivity index (χ3n) is 7.75. The van der Waals surface area contributed by atoms with Gasteiger partial charge in [-0.3, -0.25) is 4.79 Å². The van der Waals surface area contributed by atoms with E-state index in [-0.39, 0.29) is 53.0 Å². The third kappa shape index (κ3) is 9.46. The molecule has 0 aliphatic carbocycles. The van der Waals surface area contributed by atoms with Crippen molar-refractivity contribution in [2.24, 2.45) is 0 Å². The molecule has 0 fully saturated rings. The minimum Gasteiger partial charge on any atom is -0.748 e. The van der Waals surface area contributed by atoms with Gasteiger partial charge >= 0.3 is 29.6 Å². The zero-order valence-electron chi connectivity index (χ0n) is 26.6. The Morgan fingerprint density at radius 2 is 1.60 bits per heavy atom. The molecule has 4 aromatic carbocycles. The number of benzene rings is 4. The number of carbonyl (C=O) groups is 1. The summed E-state index contributed by atoms with van der Waals surface area (Å²) in [6.45, 7) is 6.17. The largest absolute Gasteiger partial charge is 1.00 e. The van der Waals surface area contributed by atoms with Crippen molar-refractivity contribution in [1.82, 2.24) is 10.5 Å². The van der Waals surface area contributed by atoms with Gasteiger partial charge in [-0.1, -0.05) is 80.5 Å². The fourth-order valence-corrected chi connectivity index (χ4v) is 5.53. The molecule has 5 rings (SSSR count). The molecule has 1 N–H and O–H groups in total. The van der Waals surface area contributed by atoms with Crippen LogP contribution in [0.5, 0.6) is 0 Å². The molecule has 11 heteroatoms. The molecule has 7 nitrogen and oxygen atoms in total. The number of hydrogen-bond donors (Lipinski definition) is 1. The topological polar surface area (TPSA) is 112 Å². The van der Waals surface area contributed by atoms with E-state index in [0.717, 1.165) is 17.2 Å². The van der Waals surface area contributed by atoms with E-state index in [1.54, 1.807) is 30.3 Å². The van der Waals surface area contributed by atoms with E-state index in [4.69, 9.17) is 4.52 Å². The Labute approximate surface area is 295 Å². The SMILES string of the molecule is CC(C)(C)c1ccc(C(Cc2ccc(C(=O)NCCS(=O)(=O)[O-])cc2)c2cc(-c3cccc(-c4ccc(F)cc4F)c3)on2)cc1.[Na+]. The quantitative estimate of drug-likeness (QED) is 0.176. The Morgan fingerprint density at radius 3 is 2.23 bits per heavy atom. The number of hydrogen-bond acceptors (Lipinski definition) is 6. The monoisotopic (exact) mass is 666 g/mol. The fraction of sp³-hybridized carbons (Fsp3) is 0.222. The predicted molar refractivity (Wildman–Crippen MR) is 171 cm³/mol. The van der Waals surface area contributed by atoms with Gasteiger partial charge in [-0.05, 0) is 64.4 Å². The van der Waals surface area contributed by atoms with Crippen molar-refractivity contribution in [2.45, 2.75) is 38.5 Å². The minimum atomic E-state index is -4.43. The maximum Gasteiger partial charge on any atom is 1.00 e. The van der Waals surface area contributed by atoms with Crippen molar-refractivity contribution in [2.75, 3.05) is 12.3 Å². The van der Waals surface area contributed by atoms with E-state index in [0.29, 0.717) is 34.6 Å². The van der Waals surface area contributed by atoms with Gasteiger partial charge in [0, 0.05) is 41.3 Å². The Bertz CT molecular complexity index is 1950. The van der Waals surface area contributed by atoms with Gasteiger partial charge in [0.15, 0.2) is 5.76 Å². The number of nitrogens with one attached hydrogen (secondary N) is 1. The molecule has 0 aliphatic rings. The second-order valence-electron chi connectivity index (χ2n) is 12.2. The molecule has 0 aliphatic heterocycles. The summed E-state index contributed by atoms with van der Waals surface area (Å²) in [7, 11) is -4.43. The first-order valence-corrected chi connectivity index (χ1v) is 16.3. The summed E-state index contributed by atoms with van der Waals surface area (Å²) in [5.74, 6) is -2.19. The maximum absolute atomic E-state index is 14.5. The average molecular weight is 667 g/mol. The predicted octanol–water partition coefficient (Wildman–Crippen LogP) is 4.24. The second kappa shape index (κ2) is 15.0. The van der Waals surface area contributed by atoms with Gasteiger partial charge in [-0.15, -0.1) is 0 Å². The van der Waals surface area contributed by atoms with E-state index >= 15 is 0 Å². The van der Waals surface area contributed by atoms with Crippen molar-refractivity contribution >= 4 is 16.0 Å². The Kier molecular flexibility index (Phi) is 11.6. The van der Waals surface area contributed by atoms with Crippen LogP contribution in [0.2, 0.25) is 0 Å². The van der Waals surface area contributed by atoms with Crippen LogP contribution in [0.4, 0.5) is 8.78 Å². The van der Waals surface area contributed by atoms with Crippen molar-refractivity contribution in [3.8, 4) is 22.5 Å². The van der Waals surface area contributed by atoms with Gasteiger partial charge in [-0.25, -0.2) is 17.2 Å². The first-order chi connectivity index (χ1) is 21.8. The Balaban J connectivity index is 0.00000500. The number of amides is 1. The molecule has 47 heavy (non-hydrogen) atoms. The standard InChI is InChI=1S/C36H34F2N2O5S.Na/c1-36(2,3)28-13-11-24(12-14-28)31(19-23-7-9-25(10-8-23)35(41)39-17-18-46(42,43)44)33-22-34(45-40-33)27-6-4-5-26(20-27)30-16-15-29(37)21-32(30)38;/h4-16,20-22,31H,17-19H2,1-3H3,(H,39,41)(H,42,43,44);/q;+1/p-1. The molecule has 0 spiro atoms. The Morgan fingerprint density at radius 1 is 0.915 bits per heavy atom. The van der Waals surface area contributed by atoms with Gasteiger partial charge in [0.2, 0.25) is 0 Å². The van der Waals surface area contributed by atoms with Gasteiger partial charge in [0.25, 0.3) is 5.91 Å². The number of carbonyl (C=O) groups excluding carboxylic acids is 1. The summed E-state index contributed by atoms with van der Waals surface area (Å²) in [6.07, 6.45) is 0.526. The van der Waals surface area contributed by atoms with Gasteiger partial charge in [0.05, 0.1) is 21.6 Å². The summed E-state index contributed by atoms with van der Waals surface area (Å²) < 4.78 is 66.3. The van der Waals surface area contributed by atoms with E-state index < -0.39 is 33.4 Å². The van der Waals surface area contributed by atoms with Crippen molar-refractivity contribution in [3.05, 3.63) is 137 Å². The van der Waals surface area contributed by atoms with Crippen LogP contribution >= 0.6 is 0 Å². The first-order valence-electron chi connectivity index (χ1n) is 14.7. The summed E-state index contributed by atoms with van der Waals surface area (Å²) in [4.78, 5) is 12.4. The molecule has 0 saturated carbocycles. The molecule has 238 valence electrons. The van der Waals surface area contributed by atoms with Crippen LogP contribution in [0.25, 0.3) is 22.5 Å². The van der Waals surface area contributed by atoms with E-state index in [1.807, 2.05) is 24.3 Å². The minimum absolute atomic E-state index is 0. The van der Waals surface area contributed by atoms with Crippen molar-refractivity contribution in [3.63, 3.8) is 0 Å². The zero-order valence-corrected chi connectivity index (χ0v) is 29.4. The van der Waals surface area contributed by atoms with Crippen LogP contribution < -0.4 is 34.9 Å². The van der Waals surface area contributed by atoms with Crippen molar-refractivity contribution in [1.29, 1.82) is 0 Å². The number of halogens is 2. The van der Waals surface area contributed by atoms with Gasteiger partial charge in [-0.2, -0.15) is 0 Å². The van der Waals surface area contributed by atoms with Crippen molar-refractivity contribution < 1.29 is 60.6 Å². The number of nitrogens with zero attached hydrogens (tertiary/aromatic N) is 1. The van der Waals surface area contributed by atoms with Crippen LogP contribution in [0.15, 0.2) is 102 Å². The molecule has 1 heterocycles. The summed E-state index contributed by atoms with van der Waals surface area (Å²) in [5, 5.41) is 6.88. The first kappa shape index (κ1) is 36.2. The molecular formula is C36H33F2N2NaO5S. The molecule has 1 unspecified atom stereocenters. The molecule has 0 saturated heterocycles. The molecule has 1 atom stereocenters. The fourth-order valence-electron chi connectivity index (χ4n) is 5.18. The molecule has 5 aromatic rings. The smallest absolute Gasteiger partial charge is 0.748 e. The molecular weight excluding hydrogens is 633 g/mol. The second-order valence-corrected chi connectivity index (χ2v) is 13.7. The molecule has 1 aromatic heterocycles. The van der Waals surface area contributed by atoms with Gasteiger partial charge in [0.1, 0.15) is 11.6 Å². The average Bonchev–Trinajstić information content (AvgIpc) is 3.49. The summed E-state index contributed by atoms with van der Waals surface area (Å²) in [6, 6.07) is 27.7. The summed E-state index contributed by atoms with van der Waals surface area (Å²) in [5.41, 5.74) is 5.61. The normalized spacial score (nSPS) is 12.3. The molecule has 0 radical (unpaired) electrons. The number of aromatic nitrogens is 1. The Hall–Kier alpha value is -3.67. The van der Waals surface area contributed by atoms with Crippen LogP contribution in [-0.2, 0) is 22.0 Å². The van der Waals surface area contributed by atoms with E-state index in [9.17, 15) is 26.5 Å². The van der Waals surface area contributed by atoms with Crippen LogP contribution in [0.1, 0.15) is 59.4 Å². The van der Waals surface area contributed by atoms with Crippen LogP contribution in [0, 0.1) is 11.6 Å². The summed E-state index contributed by atoms with van der Waals surface area (Å²) >= 11 is 0. The van der Waals surface area contributed by atoms with E-state index in [1.165, 1.54) is 17.7 Å². The van der Waals surface area contributed by atoms with Crippen LogP contribution in [0.3, 0.4) is 0 Å². The third-order valence-corrected chi connectivity index (χ3v) is 8.45.